The molecule has 1 saturated carbocycles. The highest BCUT2D eigenvalue weighted by Crippen LogP contribution is 2.47. The van der Waals surface area contributed by atoms with Gasteiger partial charge in [0.1, 0.15) is 42.7 Å². The predicted octanol–water partition coefficient (Wildman–Crippen LogP) is 9.37. The fourth-order valence-corrected chi connectivity index (χ4v) is 8.45. The highest BCUT2D eigenvalue weighted by atomic mass is 31.2. The summed E-state index contributed by atoms with van der Waals surface area (Å²) in [7, 11) is -5.01. The van der Waals surface area contributed by atoms with Gasteiger partial charge in [0.25, 0.3) is 0 Å². The molecule has 12 nitrogen and oxygen atoms in total. The minimum absolute atomic E-state index is 0.0680. The molecule has 0 heterocycles. The zero-order chi connectivity index (χ0) is 42.0. The van der Waals surface area contributed by atoms with Crippen LogP contribution >= 0.6 is 7.82 Å². The topological polar surface area (TPSA) is 192 Å². The first kappa shape index (κ1) is 54.4. The van der Waals surface area contributed by atoms with Crippen molar-refractivity contribution in [2.75, 3.05) is 19.8 Å². The van der Waals surface area contributed by atoms with Gasteiger partial charge in [-0.2, -0.15) is 0 Å². The molecule has 0 amide bonds. The van der Waals surface area contributed by atoms with Gasteiger partial charge in [-0.15, -0.1) is 0 Å². The average Bonchev–Trinajstić information content (AvgIpc) is 3.19. The van der Waals surface area contributed by atoms with Crippen molar-refractivity contribution in [3.63, 3.8) is 0 Å². The van der Waals surface area contributed by atoms with E-state index in [9.17, 15) is 39.8 Å². The maximum Gasteiger partial charge on any atom is 0.472 e. The van der Waals surface area contributed by atoms with E-state index >= 15 is 0 Å². The summed E-state index contributed by atoms with van der Waals surface area (Å²) in [5, 5.41) is 50.1. The fraction of sp³-hybridized carbons (Fsp3) is 0.977. The average molecular weight is 839 g/mol. The zero-order valence-corrected chi connectivity index (χ0v) is 37.1. The van der Waals surface area contributed by atoms with E-state index in [0.717, 1.165) is 38.5 Å². The maximum atomic E-state index is 12.8. The van der Waals surface area contributed by atoms with E-state index in [1.54, 1.807) is 0 Å². The van der Waals surface area contributed by atoms with Gasteiger partial charge in [-0.25, -0.2) is 4.57 Å². The summed E-state index contributed by atoms with van der Waals surface area (Å²) in [6.07, 6.45) is 24.6. The monoisotopic (exact) mass is 839 g/mol. The number of hydrogen-bond donors (Lipinski definition) is 6. The van der Waals surface area contributed by atoms with Crippen LogP contribution in [-0.2, 0) is 27.9 Å². The van der Waals surface area contributed by atoms with Gasteiger partial charge in [-0.3, -0.25) is 13.8 Å². The smallest absolute Gasteiger partial charge is 0.457 e. The molecule has 0 bridgehead atoms. The van der Waals surface area contributed by atoms with Crippen molar-refractivity contribution < 1.29 is 58.3 Å². The molecule has 1 aliphatic carbocycles. The van der Waals surface area contributed by atoms with Crippen LogP contribution in [0.3, 0.4) is 0 Å². The summed E-state index contributed by atoms with van der Waals surface area (Å²) < 4.78 is 34.2. The SMILES string of the molecule is CCCCCCCCCCCCCCCCCCCCOCC(COP(=O)(O)OC1C(O)C(O)C(O)C(O)C1O)OC(=O)CCCCCCCCCCCCCC. The zero-order valence-electron chi connectivity index (χ0n) is 36.2. The van der Waals surface area contributed by atoms with E-state index < -0.39 is 63.1 Å². The first-order chi connectivity index (χ1) is 27.5. The van der Waals surface area contributed by atoms with Crippen LogP contribution in [0.25, 0.3) is 0 Å². The lowest BCUT2D eigenvalue weighted by atomic mass is 9.85. The Morgan fingerprint density at radius 2 is 0.825 bits per heavy atom. The molecule has 1 rings (SSSR count). The molecule has 13 heteroatoms. The van der Waals surface area contributed by atoms with Gasteiger partial charge in [0.15, 0.2) is 0 Å². The lowest BCUT2D eigenvalue weighted by Crippen LogP contribution is -2.64. The van der Waals surface area contributed by atoms with Gasteiger partial charge >= 0.3 is 13.8 Å². The van der Waals surface area contributed by atoms with Gasteiger partial charge in [-0.1, -0.05) is 194 Å². The van der Waals surface area contributed by atoms with Gasteiger partial charge < -0.3 is 39.9 Å². The third-order valence-electron chi connectivity index (χ3n) is 11.2. The molecule has 6 atom stereocenters. The van der Waals surface area contributed by atoms with Crippen LogP contribution in [0.15, 0.2) is 0 Å². The number of esters is 1. The standard InChI is InChI=1S/C44H87O12P/c1-3-5-7-9-11-13-15-17-18-19-20-21-22-24-26-28-30-32-34-53-35-37(55-38(45)33-31-29-27-25-23-16-14-12-10-8-6-4-2)36-54-57(51,52)56-44-42(49)40(47)39(46)41(48)43(44)50/h37,39-44,46-50H,3-36H2,1-2H3,(H,51,52). The third-order valence-corrected chi connectivity index (χ3v) is 12.2. The predicted molar refractivity (Wildman–Crippen MR) is 226 cm³/mol. The number of carbonyl (C=O) groups is 1. The Morgan fingerprint density at radius 3 is 1.21 bits per heavy atom. The first-order valence-electron chi connectivity index (χ1n) is 23.4. The molecule has 0 saturated heterocycles. The number of unbranched alkanes of at least 4 members (excludes halogenated alkanes) is 28. The number of phosphoric acid groups is 1. The number of phosphoric ester groups is 1. The molecule has 0 aromatic carbocycles. The summed E-state index contributed by atoms with van der Waals surface area (Å²) >= 11 is 0. The summed E-state index contributed by atoms with van der Waals surface area (Å²) in [5.41, 5.74) is 0. The number of aliphatic hydroxyl groups excluding tert-OH is 5. The first-order valence-corrected chi connectivity index (χ1v) is 24.9. The number of hydrogen-bond acceptors (Lipinski definition) is 11. The molecular formula is C44H87O12P. The van der Waals surface area contributed by atoms with Crippen molar-refractivity contribution in [2.24, 2.45) is 0 Å². The summed E-state index contributed by atoms with van der Waals surface area (Å²) in [4.78, 5) is 23.1. The van der Waals surface area contributed by atoms with Crippen LogP contribution in [0.2, 0.25) is 0 Å². The molecule has 1 aliphatic rings. The molecular weight excluding hydrogens is 751 g/mol. The molecule has 1 fully saturated rings. The van der Waals surface area contributed by atoms with Crippen molar-refractivity contribution in [1.82, 2.24) is 0 Å². The molecule has 57 heavy (non-hydrogen) atoms. The Hall–Kier alpha value is -0.660. The molecule has 340 valence electrons. The molecule has 0 spiro atoms. The second kappa shape index (κ2) is 36.0. The Labute approximate surface area is 346 Å². The minimum atomic E-state index is -5.01. The fourth-order valence-electron chi connectivity index (χ4n) is 7.47. The van der Waals surface area contributed by atoms with Crippen LogP contribution in [0.5, 0.6) is 0 Å². The second-order valence-electron chi connectivity index (χ2n) is 16.6. The largest absolute Gasteiger partial charge is 0.472 e. The number of carbonyl (C=O) groups excluding carboxylic acids is 1. The van der Waals surface area contributed by atoms with Gasteiger partial charge in [-0.05, 0) is 12.8 Å². The molecule has 0 aromatic rings. The van der Waals surface area contributed by atoms with Crippen LogP contribution in [0, 0.1) is 0 Å². The Balaban J connectivity index is 2.35. The summed E-state index contributed by atoms with van der Waals surface area (Å²) in [6, 6.07) is 0. The van der Waals surface area contributed by atoms with Crippen molar-refractivity contribution in [1.29, 1.82) is 0 Å². The third kappa shape index (κ3) is 28.5. The molecule has 6 N–H and O–H groups in total. The van der Waals surface area contributed by atoms with Crippen molar-refractivity contribution >= 4 is 13.8 Å². The van der Waals surface area contributed by atoms with Gasteiger partial charge in [0, 0.05) is 13.0 Å². The Morgan fingerprint density at radius 1 is 0.491 bits per heavy atom. The van der Waals surface area contributed by atoms with Crippen molar-refractivity contribution in [3.8, 4) is 0 Å². The van der Waals surface area contributed by atoms with E-state index in [0.29, 0.717) is 13.0 Å². The lowest BCUT2D eigenvalue weighted by Gasteiger charge is -2.41. The van der Waals surface area contributed by atoms with E-state index in [2.05, 4.69) is 13.8 Å². The summed E-state index contributed by atoms with van der Waals surface area (Å²) in [6.45, 7) is 4.29. The summed E-state index contributed by atoms with van der Waals surface area (Å²) in [5.74, 6) is -0.473. The maximum absolute atomic E-state index is 12.8. The van der Waals surface area contributed by atoms with Crippen molar-refractivity contribution in [2.45, 2.75) is 256 Å². The van der Waals surface area contributed by atoms with Crippen LogP contribution < -0.4 is 0 Å². The van der Waals surface area contributed by atoms with E-state index in [4.69, 9.17) is 18.5 Å². The van der Waals surface area contributed by atoms with Gasteiger partial charge in [0.2, 0.25) is 0 Å². The Kier molecular flexibility index (Phi) is 34.4. The number of aliphatic hydroxyl groups is 5. The number of ether oxygens (including phenoxy) is 2. The van der Waals surface area contributed by atoms with E-state index in [1.165, 1.54) is 148 Å². The highest BCUT2D eigenvalue weighted by Gasteiger charge is 2.51. The van der Waals surface area contributed by atoms with Crippen LogP contribution in [0.4, 0.5) is 0 Å². The number of rotatable bonds is 40. The van der Waals surface area contributed by atoms with Crippen LogP contribution in [0.1, 0.15) is 213 Å². The second-order valence-corrected chi connectivity index (χ2v) is 18.0. The highest BCUT2D eigenvalue weighted by molar-refractivity contribution is 7.47. The van der Waals surface area contributed by atoms with Crippen molar-refractivity contribution in [3.05, 3.63) is 0 Å². The molecule has 0 radical (unpaired) electrons. The van der Waals surface area contributed by atoms with Crippen LogP contribution in [-0.4, -0.2) is 98.9 Å². The van der Waals surface area contributed by atoms with E-state index in [1.807, 2.05) is 0 Å². The minimum Gasteiger partial charge on any atom is -0.457 e. The molecule has 0 aliphatic heterocycles. The quantitative estimate of drug-likeness (QED) is 0.0195. The normalized spacial score (nSPS) is 22.7. The van der Waals surface area contributed by atoms with Gasteiger partial charge in [0.05, 0.1) is 13.2 Å². The molecule has 0 aromatic heterocycles. The molecule has 6 unspecified atom stereocenters. The Bertz CT molecular complexity index is 958. The lowest BCUT2D eigenvalue weighted by molar-refractivity contribution is -0.220. The van der Waals surface area contributed by atoms with E-state index in [-0.39, 0.29) is 13.0 Å².